The number of aryl methyl sites for hydroxylation is 1. The van der Waals surface area contributed by atoms with Gasteiger partial charge < -0.3 is 9.47 Å². The van der Waals surface area contributed by atoms with Crippen LogP contribution in [0, 0.1) is 0 Å². The van der Waals surface area contributed by atoms with Crippen LogP contribution in [-0.2, 0) is 11.2 Å². The van der Waals surface area contributed by atoms with E-state index >= 15 is 0 Å². The minimum absolute atomic E-state index is 0.105. The smallest absolute Gasteiger partial charge is 0.244 e. The van der Waals surface area contributed by atoms with Crippen molar-refractivity contribution in [3.8, 4) is 0 Å². The molecule has 0 radical (unpaired) electrons. The van der Waals surface area contributed by atoms with Crippen molar-refractivity contribution in [1.82, 2.24) is 19.7 Å². The Morgan fingerprint density at radius 2 is 2.00 bits per heavy atom. The second kappa shape index (κ2) is 7.32. The lowest BCUT2D eigenvalue weighted by Crippen LogP contribution is -2.51. The van der Waals surface area contributed by atoms with Crippen LogP contribution in [0.1, 0.15) is 62.4 Å². The van der Waals surface area contributed by atoms with Crippen molar-refractivity contribution in [2.24, 2.45) is 0 Å². The van der Waals surface area contributed by atoms with Gasteiger partial charge in [0.1, 0.15) is 12.2 Å². The molecule has 2 aromatic rings. The zero-order chi connectivity index (χ0) is 19.1. The number of likely N-dealkylation sites (tertiary alicyclic amines) is 1. The Hall–Kier alpha value is -2.21. The Labute approximate surface area is 166 Å². The number of para-hydroxylation sites is 1. The summed E-state index contributed by atoms with van der Waals surface area (Å²) in [5, 5.41) is 8.63. The number of rotatable bonds is 4. The first-order valence-corrected chi connectivity index (χ1v) is 10.7. The number of aromatic nitrogens is 3. The highest BCUT2D eigenvalue weighted by Gasteiger charge is 2.35. The molecule has 2 atom stereocenters. The third-order valence-corrected chi connectivity index (χ3v) is 6.64. The molecule has 1 aromatic heterocycles. The van der Waals surface area contributed by atoms with Crippen LogP contribution < -0.4 is 4.90 Å². The molecule has 0 N–H and O–H groups in total. The summed E-state index contributed by atoms with van der Waals surface area (Å²) in [4.78, 5) is 17.8. The van der Waals surface area contributed by atoms with E-state index in [1.54, 1.807) is 0 Å². The topological polar surface area (TPSA) is 54.3 Å². The average Bonchev–Trinajstić information content (AvgIpc) is 3.48. The summed E-state index contributed by atoms with van der Waals surface area (Å²) in [6.45, 7) is 4.78. The van der Waals surface area contributed by atoms with Crippen LogP contribution in [0.2, 0.25) is 0 Å². The van der Waals surface area contributed by atoms with Gasteiger partial charge in [0, 0.05) is 30.7 Å². The Kier molecular flexibility index (Phi) is 4.67. The molecule has 1 aliphatic carbocycles. The minimum Gasteiger partial charge on any atom is -0.314 e. The SMILES string of the molecule is C[C@H](C(=O)N1CCCc2ccccc21)N1CCC[C@@H](c2nncn2C2CC2)C1. The number of amides is 1. The van der Waals surface area contributed by atoms with Crippen LogP contribution in [0.15, 0.2) is 30.6 Å². The summed E-state index contributed by atoms with van der Waals surface area (Å²) in [6, 6.07) is 8.85. The largest absolute Gasteiger partial charge is 0.314 e. The molecule has 2 aliphatic heterocycles. The summed E-state index contributed by atoms with van der Waals surface area (Å²) in [5.74, 6) is 1.73. The lowest BCUT2D eigenvalue weighted by Gasteiger charge is -2.39. The number of benzene rings is 1. The van der Waals surface area contributed by atoms with Crippen molar-refractivity contribution in [2.45, 2.75) is 63.5 Å². The molecular weight excluding hydrogens is 350 g/mol. The number of carbonyl (C=O) groups is 1. The molecule has 1 saturated carbocycles. The highest BCUT2D eigenvalue weighted by Crippen LogP contribution is 2.38. The predicted octanol–water partition coefficient (Wildman–Crippen LogP) is 3.16. The van der Waals surface area contributed by atoms with Gasteiger partial charge in [0.25, 0.3) is 0 Å². The molecule has 0 bridgehead atoms. The quantitative estimate of drug-likeness (QED) is 0.819. The first kappa shape index (κ1) is 17.9. The van der Waals surface area contributed by atoms with Gasteiger partial charge in [0.15, 0.2) is 0 Å². The van der Waals surface area contributed by atoms with Gasteiger partial charge in [-0.05, 0) is 63.6 Å². The van der Waals surface area contributed by atoms with E-state index in [0.29, 0.717) is 12.0 Å². The molecule has 0 spiro atoms. The molecule has 6 heteroatoms. The normalized spacial score (nSPS) is 24.0. The lowest BCUT2D eigenvalue weighted by molar-refractivity contribution is -0.123. The van der Waals surface area contributed by atoms with Crippen molar-refractivity contribution in [3.63, 3.8) is 0 Å². The van der Waals surface area contributed by atoms with Crippen molar-refractivity contribution < 1.29 is 4.79 Å². The molecule has 6 nitrogen and oxygen atoms in total. The third kappa shape index (κ3) is 3.24. The van der Waals surface area contributed by atoms with Crippen molar-refractivity contribution in [1.29, 1.82) is 0 Å². The van der Waals surface area contributed by atoms with Gasteiger partial charge in [-0.25, -0.2) is 0 Å². The van der Waals surface area contributed by atoms with Crippen LogP contribution in [-0.4, -0.2) is 51.2 Å². The molecule has 0 unspecified atom stereocenters. The van der Waals surface area contributed by atoms with Gasteiger partial charge >= 0.3 is 0 Å². The number of anilines is 1. The number of carbonyl (C=O) groups excluding carboxylic acids is 1. The highest BCUT2D eigenvalue weighted by molar-refractivity contribution is 5.98. The molecule has 3 aliphatic rings. The lowest BCUT2D eigenvalue weighted by atomic mass is 9.95. The van der Waals surface area contributed by atoms with Crippen molar-refractivity contribution in [2.75, 3.05) is 24.5 Å². The summed E-state index contributed by atoms with van der Waals surface area (Å²) < 4.78 is 2.28. The molecule has 148 valence electrons. The second-order valence-electron chi connectivity index (χ2n) is 8.56. The maximum absolute atomic E-state index is 13.4. The van der Waals surface area contributed by atoms with Crippen LogP contribution in [0.4, 0.5) is 5.69 Å². The van der Waals surface area contributed by atoms with Crippen LogP contribution >= 0.6 is 0 Å². The van der Waals surface area contributed by atoms with Gasteiger partial charge in [0.2, 0.25) is 5.91 Å². The van der Waals surface area contributed by atoms with Gasteiger partial charge in [-0.15, -0.1) is 10.2 Å². The molecule has 1 saturated heterocycles. The standard InChI is InChI=1S/C22H29N5O/c1-16(22(28)26-13-5-7-17-6-2-3-9-20(17)26)25-12-4-8-18(14-25)21-24-23-15-27(21)19-10-11-19/h2-3,6,9,15-16,18-19H,4-5,7-8,10-14H2,1H3/t16-,18-/m1/s1. The molecule has 5 rings (SSSR count). The molecule has 28 heavy (non-hydrogen) atoms. The van der Waals surface area contributed by atoms with E-state index in [1.165, 1.54) is 18.4 Å². The molecular formula is C22H29N5O. The molecule has 2 fully saturated rings. The molecule has 3 heterocycles. The van der Waals surface area contributed by atoms with Crippen molar-refractivity contribution in [3.05, 3.63) is 42.0 Å². The number of hydrogen-bond donors (Lipinski definition) is 0. The van der Waals surface area contributed by atoms with Crippen LogP contribution in [0.3, 0.4) is 0 Å². The average molecular weight is 380 g/mol. The Balaban J connectivity index is 1.32. The zero-order valence-corrected chi connectivity index (χ0v) is 16.6. The Bertz CT molecular complexity index is 858. The first-order chi connectivity index (χ1) is 13.7. The first-order valence-electron chi connectivity index (χ1n) is 10.7. The van der Waals surface area contributed by atoms with E-state index in [-0.39, 0.29) is 11.9 Å². The number of fused-ring (bicyclic) bond motifs is 1. The fourth-order valence-electron chi connectivity index (χ4n) is 4.89. The van der Waals surface area contributed by atoms with E-state index in [2.05, 4.69) is 44.8 Å². The Morgan fingerprint density at radius 3 is 2.86 bits per heavy atom. The fourth-order valence-corrected chi connectivity index (χ4v) is 4.89. The van der Waals surface area contributed by atoms with E-state index in [9.17, 15) is 4.79 Å². The number of nitrogens with zero attached hydrogens (tertiary/aromatic N) is 5. The summed E-state index contributed by atoms with van der Waals surface area (Å²) in [7, 11) is 0. The fraction of sp³-hybridized carbons (Fsp3) is 0.591. The van der Waals surface area contributed by atoms with Gasteiger partial charge in [-0.1, -0.05) is 18.2 Å². The van der Waals surface area contributed by atoms with E-state index < -0.39 is 0 Å². The second-order valence-corrected chi connectivity index (χ2v) is 8.56. The number of hydrogen-bond acceptors (Lipinski definition) is 4. The van der Waals surface area contributed by atoms with Crippen molar-refractivity contribution >= 4 is 11.6 Å². The summed E-state index contributed by atoms with van der Waals surface area (Å²) >= 11 is 0. The van der Waals surface area contributed by atoms with Crippen LogP contribution in [0.5, 0.6) is 0 Å². The van der Waals surface area contributed by atoms with Gasteiger partial charge in [-0.3, -0.25) is 9.69 Å². The minimum atomic E-state index is -0.105. The Morgan fingerprint density at radius 1 is 1.14 bits per heavy atom. The third-order valence-electron chi connectivity index (χ3n) is 6.64. The predicted molar refractivity (Wildman–Crippen MR) is 108 cm³/mol. The van der Waals surface area contributed by atoms with E-state index in [4.69, 9.17) is 0 Å². The maximum atomic E-state index is 13.4. The van der Waals surface area contributed by atoms with Crippen LogP contribution in [0.25, 0.3) is 0 Å². The van der Waals surface area contributed by atoms with E-state index in [0.717, 1.165) is 56.8 Å². The zero-order valence-electron chi connectivity index (χ0n) is 16.6. The van der Waals surface area contributed by atoms with Gasteiger partial charge in [-0.2, -0.15) is 0 Å². The summed E-state index contributed by atoms with van der Waals surface area (Å²) in [6.07, 6.45) is 8.73. The monoisotopic (exact) mass is 379 g/mol. The molecule has 1 amide bonds. The maximum Gasteiger partial charge on any atom is 0.244 e. The molecule has 1 aromatic carbocycles. The van der Waals surface area contributed by atoms with Gasteiger partial charge in [0.05, 0.1) is 6.04 Å². The summed E-state index contributed by atoms with van der Waals surface area (Å²) in [5.41, 5.74) is 2.40. The highest BCUT2D eigenvalue weighted by atomic mass is 16.2. The number of piperidine rings is 1. The van der Waals surface area contributed by atoms with E-state index in [1.807, 2.05) is 17.3 Å².